The maximum atomic E-state index is 13.7. The highest BCUT2D eigenvalue weighted by atomic mass is 16.6. The molecular formula is C39H41NO10. The van der Waals surface area contributed by atoms with E-state index in [2.05, 4.69) is 4.98 Å². The molecule has 3 fully saturated rings. The van der Waals surface area contributed by atoms with E-state index in [4.69, 9.17) is 23.7 Å². The van der Waals surface area contributed by atoms with Gasteiger partial charge in [0.2, 0.25) is 0 Å². The zero-order valence-corrected chi connectivity index (χ0v) is 28.6. The first kappa shape index (κ1) is 35.0. The van der Waals surface area contributed by atoms with Crippen LogP contribution in [-0.4, -0.2) is 75.2 Å². The Morgan fingerprint density at radius 3 is 2.10 bits per heavy atom. The molecule has 8 atom stereocenters. The van der Waals surface area contributed by atoms with Gasteiger partial charge in [-0.05, 0) is 82.4 Å². The summed E-state index contributed by atoms with van der Waals surface area (Å²) in [5, 5.41) is 12.9. The molecule has 11 heteroatoms. The number of ether oxygens (including phenoxy) is 5. The van der Waals surface area contributed by atoms with Gasteiger partial charge in [0.25, 0.3) is 0 Å². The van der Waals surface area contributed by atoms with Crippen LogP contribution in [0.25, 0.3) is 6.08 Å². The van der Waals surface area contributed by atoms with E-state index in [9.17, 15) is 24.3 Å². The minimum Gasteiger partial charge on any atom is -0.458 e. The highest BCUT2D eigenvalue weighted by molar-refractivity contribution is 5.90. The normalized spacial score (nSPS) is 32.4. The van der Waals surface area contributed by atoms with E-state index < -0.39 is 70.5 Å². The summed E-state index contributed by atoms with van der Waals surface area (Å²) in [5.74, 6) is -3.32. The summed E-state index contributed by atoms with van der Waals surface area (Å²) < 4.78 is 31.4. The molecule has 2 saturated carbocycles. The number of rotatable bonds is 8. The van der Waals surface area contributed by atoms with E-state index in [1.54, 1.807) is 49.4 Å². The molecule has 2 heterocycles. The van der Waals surface area contributed by atoms with E-state index in [1.165, 1.54) is 31.5 Å². The van der Waals surface area contributed by atoms with Crippen molar-refractivity contribution >= 4 is 30.0 Å². The Kier molecular flexibility index (Phi) is 9.17. The maximum absolute atomic E-state index is 13.7. The van der Waals surface area contributed by atoms with E-state index in [0.717, 1.165) is 12.5 Å². The minimum atomic E-state index is -2.09. The van der Waals surface area contributed by atoms with Gasteiger partial charge in [-0.3, -0.25) is 9.78 Å². The average Bonchev–Trinajstić information content (AvgIpc) is 3.35. The summed E-state index contributed by atoms with van der Waals surface area (Å²) in [6, 6.07) is 20.6. The van der Waals surface area contributed by atoms with Gasteiger partial charge in [-0.25, -0.2) is 14.4 Å². The minimum absolute atomic E-state index is 0.0823. The van der Waals surface area contributed by atoms with Crippen LogP contribution in [0.5, 0.6) is 0 Å². The molecule has 2 aliphatic carbocycles. The lowest BCUT2D eigenvalue weighted by Crippen LogP contribution is -2.82. The van der Waals surface area contributed by atoms with Crippen LogP contribution in [-0.2, 0) is 33.3 Å². The zero-order valence-electron chi connectivity index (χ0n) is 28.6. The Hall–Kier alpha value is -4.87. The van der Waals surface area contributed by atoms with Crippen LogP contribution in [0.2, 0.25) is 0 Å². The monoisotopic (exact) mass is 683 g/mol. The third-order valence-electron chi connectivity index (χ3n) is 10.7. The van der Waals surface area contributed by atoms with E-state index in [-0.39, 0.29) is 24.3 Å². The number of aliphatic hydroxyl groups is 1. The lowest BCUT2D eigenvalue weighted by Gasteiger charge is -2.65. The standard InChI is InChI=1S/C39H41NO10/c1-24(41)46-31-32(48-30(42)19-18-25-13-8-6-9-14-25)37(4)29(47-34(43)26-15-10-7-11-16-26)21-28-22-39(37,50-36(28,2)3)38(5,45)33(31)49-35(44)27-17-12-20-40-23-27/h6-20,23,28-29,31-33,45H,21-22H2,1-5H3/b19-18+/t28-,29+,31+,32+,33+,37-,38+,39-/m1/s1. The molecule has 11 nitrogen and oxygen atoms in total. The predicted molar refractivity (Wildman–Crippen MR) is 179 cm³/mol. The number of fused-ring (bicyclic) bond motifs is 1. The van der Waals surface area contributed by atoms with Gasteiger partial charge in [0, 0.05) is 25.4 Å². The summed E-state index contributed by atoms with van der Waals surface area (Å²) in [6.07, 6.45) is 0.461. The van der Waals surface area contributed by atoms with Crippen molar-refractivity contribution in [2.24, 2.45) is 11.3 Å². The number of benzene rings is 2. The fraction of sp³-hybridized carbons (Fsp3) is 0.410. The number of nitrogens with zero attached hydrogens (tertiary/aromatic N) is 1. The molecule has 0 radical (unpaired) electrons. The van der Waals surface area contributed by atoms with Crippen molar-refractivity contribution in [3.05, 3.63) is 108 Å². The highest BCUT2D eigenvalue weighted by Crippen LogP contribution is 2.68. The second kappa shape index (κ2) is 13.1. The summed E-state index contributed by atoms with van der Waals surface area (Å²) >= 11 is 0. The molecule has 1 aromatic heterocycles. The third-order valence-corrected chi connectivity index (χ3v) is 10.7. The molecule has 0 amide bonds. The first-order valence-corrected chi connectivity index (χ1v) is 16.6. The number of carbonyl (C=O) groups is 4. The van der Waals surface area contributed by atoms with Crippen molar-refractivity contribution in [1.82, 2.24) is 4.98 Å². The molecule has 1 spiro atoms. The predicted octanol–water partition coefficient (Wildman–Crippen LogP) is 5.12. The molecule has 50 heavy (non-hydrogen) atoms. The molecular weight excluding hydrogens is 642 g/mol. The van der Waals surface area contributed by atoms with Gasteiger partial charge < -0.3 is 28.8 Å². The number of aromatic nitrogens is 1. The molecule has 1 N–H and O–H groups in total. The number of hydrogen-bond donors (Lipinski definition) is 1. The van der Waals surface area contributed by atoms with Crippen LogP contribution < -0.4 is 0 Å². The van der Waals surface area contributed by atoms with E-state index in [0.29, 0.717) is 5.56 Å². The molecule has 6 rings (SSSR count). The number of carbonyl (C=O) groups excluding carboxylic acids is 4. The number of esters is 4. The Balaban J connectivity index is 1.51. The first-order chi connectivity index (χ1) is 23.7. The molecule has 2 bridgehead atoms. The molecule has 3 aliphatic rings. The van der Waals surface area contributed by atoms with Crippen molar-refractivity contribution in [3.8, 4) is 0 Å². The molecule has 2 aromatic carbocycles. The van der Waals surface area contributed by atoms with Crippen molar-refractivity contribution < 1.29 is 48.0 Å². The second-order valence-corrected chi connectivity index (χ2v) is 14.1. The lowest BCUT2D eigenvalue weighted by atomic mass is 9.47. The van der Waals surface area contributed by atoms with Crippen LogP contribution in [0, 0.1) is 11.3 Å². The summed E-state index contributed by atoms with van der Waals surface area (Å²) in [4.78, 5) is 57.9. The topological polar surface area (TPSA) is 148 Å². The zero-order chi connectivity index (χ0) is 35.9. The van der Waals surface area contributed by atoms with Crippen molar-refractivity contribution in [1.29, 1.82) is 0 Å². The quantitative estimate of drug-likeness (QED) is 0.192. The first-order valence-electron chi connectivity index (χ1n) is 16.6. The Morgan fingerprint density at radius 1 is 0.820 bits per heavy atom. The van der Waals surface area contributed by atoms with Gasteiger partial charge >= 0.3 is 23.9 Å². The average molecular weight is 684 g/mol. The smallest absolute Gasteiger partial charge is 0.340 e. The lowest BCUT2D eigenvalue weighted by molar-refractivity contribution is -0.351. The van der Waals surface area contributed by atoms with Gasteiger partial charge in [-0.1, -0.05) is 48.5 Å². The van der Waals surface area contributed by atoms with Crippen molar-refractivity contribution in [2.45, 2.75) is 88.7 Å². The van der Waals surface area contributed by atoms with Gasteiger partial charge in [0.05, 0.1) is 22.1 Å². The Bertz CT molecular complexity index is 1780. The molecule has 1 saturated heterocycles. The largest absolute Gasteiger partial charge is 0.458 e. The van der Waals surface area contributed by atoms with Gasteiger partial charge in [-0.15, -0.1) is 0 Å². The van der Waals surface area contributed by atoms with E-state index in [1.807, 2.05) is 44.2 Å². The molecule has 1 aliphatic heterocycles. The summed E-state index contributed by atoms with van der Waals surface area (Å²) in [5.41, 5.74) is -5.06. The number of hydrogen-bond acceptors (Lipinski definition) is 11. The number of pyridine rings is 1. The Morgan fingerprint density at radius 2 is 1.46 bits per heavy atom. The molecule has 3 aromatic rings. The fourth-order valence-electron chi connectivity index (χ4n) is 8.13. The SMILES string of the molecule is CC(=O)O[C@H]1[C@H](OC(=O)/C=C/c2ccccc2)[C@@]2(C)[C@@H](OC(=O)c3ccccc3)C[C@@H]3C[C@]2(OC3(C)C)[C@@](C)(O)[C@H]1OC(=O)c1cccnc1. The van der Waals surface area contributed by atoms with Gasteiger partial charge in [0.15, 0.2) is 18.3 Å². The van der Waals surface area contributed by atoms with Crippen molar-refractivity contribution in [3.63, 3.8) is 0 Å². The van der Waals surface area contributed by atoms with Crippen LogP contribution >= 0.6 is 0 Å². The van der Waals surface area contributed by atoms with Crippen LogP contribution in [0.15, 0.2) is 91.3 Å². The van der Waals surface area contributed by atoms with Crippen LogP contribution in [0.3, 0.4) is 0 Å². The molecule has 0 unspecified atom stereocenters. The second-order valence-electron chi connectivity index (χ2n) is 14.1. The summed E-state index contributed by atoms with van der Waals surface area (Å²) in [6.45, 7) is 8.08. The Labute approximate surface area is 290 Å². The van der Waals surface area contributed by atoms with Gasteiger partial charge in [-0.2, -0.15) is 0 Å². The summed E-state index contributed by atoms with van der Waals surface area (Å²) in [7, 11) is 0. The fourth-order valence-corrected chi connectivity index (χ4v) is 8.13. The third kappa shape index (κ3) is 5.98. The van der Waals surface area contributed by atoms with E-state index >= 15 is 0 Å². The van der Waals surface area contributed by atoms with Gasteiger partial charge in [0.1, 0.15) is 17.3 Å². The van der Waals surface area contributed by atoms with Crippen molar-refractivity contribution in [2.75, 3.05) is 0 Å². The molecule has 262 valence electrons. The van der Waals surface area contributed by atoms with Crippen LogP contribution in [0.1, 0.15) is 73.7 Å². The maximum Gasteiger partial charge on any atom is 0.340 e. The van der Waals surface area contributed by atoms with Crippen LogP contribution in [0.4, 0.5) is 0 Å². The highest BCUT2D eigenvalue weighted by Gasteiger charge is 2.82.